The van der Waals surface area contributed by atoms with Crippen molar-refractivity contribution in [3.8, 4) is 0 Å². The fraction of sp³-hybridized carbons (Fsp3) is 0.214. The number of carbonyl (C=O) groups is 1. The van der Waals surface area contributed by atoms with Crippen LogP contribution < -0.4 is 5.32 Å². The predicted octanol–water partition coefficient (Wildman–Crippen LogP) is 4.67. The molecule has 0 fully saturated rings. The van der Waals surface area contributed by atoms with Crippen LogP contribution in [-0.4, -0.2) is 5.91 Å². The predicted molar refractivity (Wildman–Crippen MR) is 78.9 cm³/mol. The molecule has 0 bridgehead atoms. The number of nitrogens with one attached hydrogen (secondary N) is 1. The Morgan fingerprint density at radius 2 is 2.05 bits per heavy atom. The van der Waals surface area contributed by atoms with E-state index in [1.807, 2.05) is 24.4 Å². The SMILES string of the molecule is CCC(NC(=O)c1c(F)cc(Br)cc1F)c1cccs1. The highest BCUT2D eigenvalue weighted by atomic mass is 79.9. The molecule has 1 unspecified atom stereocenters. The van der Waals surface area contributed by atoms with Crippen LogP contribution >= 0.6 is 27.3 Å². The van der Waals surface area contributed by atoms with E-state index in [1.54, 1.807) is 0 Å². The number of carbonyl (C=O) groups excluding carboxylic acids is 1. The molecule has 1 aromatic heterocycles. The summed E-state index contributed by atoms with van der Waals surface area (Å²) < 4.78 is 27.7. The third kappa shape index (κ3) is 3.24. The summed E-state index contributed by atoms with van der Waals surface area (Å²) in [5.74, 6) is -2.50. The normalized spacial score (nSPS) is 12.2. The Balaban J connectivity index is 2.24. The number of thiophene rings is 1. The molecule has 0 aliphatic carbocycles. The topological polar surface area (TPSA) is 29.1 Å². The van der Waals surface area contributed by atoms with Gasteiger partial charge in [0.25, 0.3) is 5.91 Å². The number of benzene rings is 1. The second kappa shape index (κ2) is 6.45. The van der Waals surface area contributed by atoms with Gasteiger partial charge >= 0.3 is 0 Å². The van der Waals surface area contributed by atoms with Crippen LogP contribution in [0.3, 0.4) is 0 Å². The Kier molecular flexibility index (Phi) is 4.88. The lowest BCUT2D eigenvalue weighted by Crippen LogP contribution is -2.29. The maximum absolute atomic E-state index is 13.7. The minimum absolute atomic E-state index is 0.245. The van der Waals surface area contributed by atoms with Gasteiger partial charge in [-0.2, -0.15) is 0 Å². The molecule has 2 rings (SSSR count). The molecule has 0 spiro atoms. The van der Waals surface area contributed by atoms with Crippen LogP contribution in [0.2, 0.25) is 0 Å². The summed E-state index contributed by atoms with van der Waals surface area (Å²) in [6.45, 7) is 1.90. The van der Waals surface area contributed by atoms with Gasteiger partial charge in [0.2, 0.25) is 0 Å². The van der Waals surface area contributed by atoms with E-state index in [4.69, 9.17) is 0 Å². The molecule has 0 radical (unpaired) electrons. The van der Waals surface area contributed by atoms with E-state index in [-0.39, 0.29) is 10.5 Å². The van der Waals surface area contributed by atoms with Crippen LogP contribution in [0.1, 0.15) is 34.6 Å². The first kappa shape index (κ1) is 15.1. The minimum Gasteiger partial charge on any atom is -0.344 e. The molecular weight excluding hydrogens is 348 g/mol. The quantitative estimate of drug-likeness (QED) is 0.844. The molecule has 106 valence electrons. The zero-order chi connectivity index (χ0) is 14.7. The maximum atomic E-state index is 13.7. The Morgan fingerprint density at radius 3 is 2.55 bits per heavy atom. The smallest absolute Gasteiger partial charge is 0.257 e. The van der Waals surface area contributed by atoms with Crippen molar-refractivity contribution < 1.29 is 13.6 Å². The molecule has 1 aromatic carbocycles. The number of hydrogen-bond acceptors (Lipinski definition) is 2. The van der Waals surface area contributed by atoms with Crippen molar-refractivity contribution in [1.82, 2.24) is 5.32 Å². The third-order valence-electron chi connectivity index (χ3n) is 2.83. The average Bonchev–Trinajstić information content (AvgIpc) is 2.88. The third-order valence-corrected chi connectivity index (χ3v) is 4.28. The maximum Gasteiger partial charge on any atom is 0.257 e. The van der Waals surface area contributed by atoms with Crippen LogP contribution in [0.5, 0.6) is 0 Å². The molecule has 20 heavy (non-hydrogen) atoms. The molecule has 0 saturated carbocycles. The van der Waals surface area contributed by atoms with Gasteiger partial charge in [-0.05, 0) is 30.0 Å². The lowest BCUT2D eigenvalue weighted by atomic mass is 10.1. The molecule has 0 saturated heterocycles. The molecule has 6 heteroatoms. The van der Waals surface area contributed by atoms with Gasteiger partial charge in [0, 0.05) is 9.35 Å². The largest absolute Gasteiger partial charge is 0.344 e. The van der Waals surface area contributed by atoms with E-state index in [0.717, 1.165) is 17.0 Å². The van der Waals surface area contributed by atoms with E-state index in [9.17, 15) is 13.6 Å². The second-order valence-corrected chi connectivity index (χ2v) is 6.09. The zero-order valence-electron chi connectivity index (χ0n) is 10.6. The van der Waals surface area contributed by atoms with E-state index < -0.39 is 23.1 Å². The lowest BCUT2D eigenvalue weighted by Gasteiger charge is -2.16. The summed E-state index contributed by atoms with van der Waals surface area (Å²) in [5, 5.41) is 4.56. The van der Waals surface area contributed by atoms with Gasteiger partial charge in [0.1, 0.15) is 17.2 Å². The first-order valence-electron chi connectivity index (χ1n) is 6.01. The first-order chi connectivity index (χ1) is 9.52. The monoisotopic (exact) mass is 359 g/mol. The Morgan fingerprint density at radius 1 is 1.40 bits per heavy atom. The first-order valence-corrected chi connectivity index (χ1v) is 7.69. The Hall–Kier alpha value is -1.27. The van der Waals surface area contributed by atoms with Crippen LogP contribution in [0.25, 0.3) is 0 Å². The fourth-order valence-electron chi connectivity index (χ4n) is 1.85. The van der Waals surface area contributed by atoms with Crippen LogP contribution in [0, 0.1) is 11.6 Å². The minimum atomic E-state index is -0.879. The van der Waals surface area contributed by atoms with Gasteiger partial charge in [0.15, 0.2) is 0 Å². The molecular formula is C14H12BrF2NOS. The highest BCUT2D eigenvalue weighted by Crippen LogP contribution is 2.24. The van der Waals surface area contributed by atoms with E-state index in [0.29, 0.717) is 6.42 Å². The van der Waals surface area contributed by atoms with Gasteiger partial charge in [0.05, 0.1) is 6.04 Å². The lowest BCUT2D eigenvalue weighted by molar-refractivity contribution is 0.0927. The zero-order valence-corrected chi connectivity index (χ0v) is 13.0. The van der Waals surface area contributed by atoms with Crippen molar-refractivity contribution in [2.75, 3.05) is 0 Å². The molecule has 1 heterocycles. The fourth-order valence-corrected chi connectivity index (χ4v) is 3.12. The van der Waals surface area contributed by atoms with E-state index >= 15 is 0 Å². The highest BCUT2D eigenvalue weighted by molar-refractivity contribution is 9.10. The van der Waals surface area contributed by atoms with E-state index in [2.05, 4.69) is 21.2 Å². The highest BCUT2D eigenvalue weighted by Gasteiger charge is 2.21. The number of halogens is 3. The molecule has 2 aromatic rings. The number of amides is 1. The van der Waals surface area contributed by atoms with Crippen molar-refractivity contribution in [1.29, 1.82) is 0 Å². The molecule has 0 aliphatic heterocycles. The van der Waals surface area contributed by atoms with Crippen molar-refractivity contribution >= 4 is 33.2 Å². The number of hydrogen-bond donors (Lipinski definition) is 1. The molecule has 0 aliphatic rings. The molecule has 1 N–H and O–H groups in total. The summed E-state index contributed by atoms with van der Waals surface area (Å²) in [5.41, 5.74) is -0.553. The van der Waals surface area contributed by atoms with Gasteiger partial charge in [-0.3, -0.25) is 4.79 Å². The average molecular weight is 360 g/mol. The van der Waals surface area contributed by atoms with Crippen molar-refractivity contribution in [2.45, 2.75) is 19.4 Å². The number of rotatable bonds is 4. The van der Waals surface area contributed by atoms with Gasteiger partial charge in [-0.1, -0.05) is 28.9 Å². The van der Waals surface area contributed by atoms with Crippen LogP contribution in [0.4, 0.5) is 8.78 Å². The molecule has 1 amide bonds. The summed E-state index contributed by atoms with van der Waals surface area (Å²) in [4.78, 5) is 13.0. The van der Waals surface area contributed by atoms with E-state index in [1.165, 1.54) is 11.3 Å². The summed E-state index contributed by atoms with van der Waals surface area (Å²) in [7, 11) is 0. The second-order valence-electron chi connectivity index (χ2n) is 4.19. The molecule has 1 atom stereocenters. The van der Waals surface area contributed by atoms with Gasteiger partial charge in [-0.25, -0.2) is 8.78 Å². The Labute approximate surface area is 127 Å². The van der Waals surface area contributed by atoms with Crippen LogP contribution in [-0.2, 0) is 0 Å². The standard InChI is InChI=1S/C14H12BrF2NOS/c1-2-11(12-4-3-5-20-12)18-14(19)13-9(16)6-8(15)7-10(13)17/h3-7,11H,2H2,1H3,(H,18,19). The van der Waals surface area contributed by atoms with Crippen molar-refractivity contribution in [2.24, 2.45) is 0 Å². The Bertz CT molecular complexity index is 593. The summed E-state index contributed by atoms with van der Waals surface area (Å²) in [6.07, 6.45) is 0.645. The summed E-state index contributed by atoms with van der Waals surface area (Å²) >= 11 is 4.48. The van der Waals surface area contributed by atoms with Gasteiger partial charge in [-0.15, -0.1) is 11.3 Å². The van der Waals surface area contributed by atoms with Crippen molar-refractivity contribution in [3.05, 3.63) is 56.2 Å². The van der Waals surface area contributed by atoms with Gasteiger partial charge < -0.3 is 5.32 Å². The summed E-state index contributed by atoms with van der Waals surface area (Å²) in [6, 6.07) is 5.65. The van der Waals surface area contributed by atoms with Crippen LogP contribution in [0.15, 0.2) is 34.1 Å². The van der Waals surface area contributed by atoms with Crippen molar-refractivity contribution in [3.63, 3.8) is 0 Å². The molecule has 2 nitrogen and oxygen atoms in total.